The van der Waals surface area contributed by atoms with Crippen molar-refractivity contribution in [3.63, 3.8) is 0 Å². The molecule has 0 spiro atoms. The number of amides is 1. The van der Waals surface area contributed by atoms with E-state index < -0.39 is 11.4 Å². The van der Waals surface area contributed by atoms with Crippen molar-refractivity contribution < 1.29 is 13.9 Å². The van der Waals surface area contributed by atoms with E-state index in [1.807, 2.05) is 30.6 Å². The summed E-state index contributed by atoms with van der Waals surface area (Å²) in [6.07, 6.45) is 1.45. The van der Waals surface area contributed by atoms with Crippen LogP contribution in [0.2, 0.25) is 10.3 Å². The van der Waals surface area contributed by atoms with Crippen LogP contribution in [0.4, 0.5) is 15.0 Å². The van der Waals surface area contributed by atoms with Gasteiger partial charge in [-0.2, -0.15) is 4.98 Å². The van der Waals surface area contributed by atoms with Crippen LogP contribution >= 0.6 is 39.1 Å². The van der Waals surface area contributed by atoms with Gasteiger partial charge in [-0.1, -0.05) is 11.6 Å². The Hall–Kier alpha value is -1.38. The van der Waals surface area contributed by atoms with Crippen molar-refractivity contribution >= 4 is 61.9 Å². The Bertz CT molecular complexity index is 987. The summed E-state index contributed by atoms with van der Waals surface area (Å²) in [4.78, 5) is 25.0. The molecule has 0 radical (unpaired) electrons. The van der Waals surface area contributed by atoms with Crippen LogP contribution < -0.4 is 4.90 Å². The molecule has 2 aromatic rings. The maximum Gasteiger partial charge on any atom is 0.410 e. The lowest BCUT2D eigenvalue weighted by molar-refractivity contribution is 0.0123. The number of rotatable bonds is 1. The summed E-state index contributed by atoms with van der Waals surface area (Å²) in [5.41, 5.74) is -0.440. The highest BCUT2D eigenvalue weighted by molar-refractivity contribution is 9.10. The third kappa shape index (κ3) is 3.86. The van der Waals surface area contributed by atoms with Crippen molar-refractivity contribution in [1.29, 1.82) is 0 Å². The summed E-state index contributed by atoms with van der Waals surface area (Å²) >= 11 is 15.4. The number of aromatic nitrogens is 2. The summed E-state index contributed by atoms with van der Waals surface area (Å²) in [6, 6.07) is 1.61. The molecule has 2 saturated heterocycles. The van der Waals surface area contributed by atoms with Crippen molar-refractivity contribution in [1.82, 2.24) is 14.9 Å². The first kappa shape index (κ1) is 20.9. The molecule has 3 heterocycles. The minimum Gasteiger partial charge on any atom is -0.444 e. The van der Waals surface area contributed by atoms with Crippen LogP contribution in [0, 0.1) is 5.82 Å². The molecule has 6 nitrogen and oxygen atoms in total. The van der Waals surface area contributed by atoms with Gasteiger partial charge in [0.1, 0.15) is 16.9 Å². The first-order valence-corrected chi connectivity index (χ1v) is 10.9. The molecule has 0 N–H and O–H groups in total. The van der Waals surface area contributed by atoms with Crippen LogP contribution in [-0.4, -0.2) is 51.7 Å². The molecule has 1 unspecified atom stereocenters. The summed E-state index contributed by atoms with van der Waals surface area (Å²) in [5, 5.41) is 0.685. The van der Waals surface area contributed by atoms with Gasteiger partial charge in [-0.25, -0.2) is 14.2 Å². The van der Waals surface area contributed by atoms with Crippen molar-refractivity contribution in [2.75, 3.05) is 18.0 Å². The zero-order chi connectivity index (χ0) is 21.1. The van der Waals surface area contributed by atoms with Gasteiger partial charge in [0, 0.05) is 18.5 Å². The molecule has 1 aromatic heterocycles. The third-order valence-electron chi connectivity index (χ3n) is 5.17. The number of carbonyl (C=O) groups is 1. The highest BCUT2D eigenvalue weighted by Crippen LogP contribution is 2.39. The summed E-state index contributed by atoms with van der Waals surface area (Å²) in [6.45, 7) is 6.67. The van der Waals surface area contributed by atoms with E-state index in [1.165, 1.54) is 0 Å². The van der Waals surface area contributed by atoms with E-state index in [0.717, 1.165) is 12.8 Å². The molecule has 2 fully saturated rings. The van der Waals surface area contributed by atoms with Gasteiger partial charge in [-0.3, -0.25) is 4.90 Å². The highest BCUT2D eigenvalue weighted by Gasteiger charge is 2.45. The SMILES string of the molecule is CC(C)(C)OC(=O)N1C2CC[C@H]1CN(c1nc(Cl)nc3c(F)c(Br)c(Cl)cc13)C2. The van der Waals surface area contributed by atoms with Crippen molar-refractivity contribution in [2.24, 2.45) is 0 Å². The number of nitrogens with zero attached hydrogens (tertiary/aromatic N) is 4. The Kier molecular flexibility index (Phi) is 5.32. The topological polar surface area (TPSA) is 58.6 Å². The van der Waals surface area contributed by atoms with Crippen molar-refractivity contribution in [2.45, 2.75) is 51.3 Å². The molecule has 1 aromatic carbocycles. The second kappa shape index (κ2) is 7.39. The van der Waals surface area contributed by atoms with E-state index in [2.05, 4.69) is 25.9 Å². The number of anilines is 1. The minimum atomic E-state index is -0.576. The molecule has 2 atom stereocenters. The molecule has 2 aliphatic heterocycles. The van der Waals surface area contributed by atoms with Crippen LogP contribution in [0.5, 0.6) is 0 Å². The Labute approximate surface area is 186 Å². The molecule has 0 aliphatic carbocycles. The molecule has 2 aliphatic rings. The zero-order valence-electron chi connectivity index (χ0n) is 16.2. The molecule has 0 saturated carbocycles. The molecular weight excluding hydrogens is 486 g/mol. The lowest BCUT2D eigenvalue weighted by Crippen LogP contribution is -2.57. The van der Waals surface area contributed by atoms with Gasteiger partial charge in [0.25, 0.3) is 0 Å². The number of benzene rings is 1. The fourth-order valence-electron chi connectivity index (χ4n) is 4.06. The van der Waals surface area contributed by atoms with Crippen LogP contribution in [0.25, 0.3) is 10.9 Å². The summed E-state index contributed by atoms with van der Waals surface area (Å²) in [5.74, 6) is -0.0533. The number of halogens is 4. The van der Waals surface area contributed by atoms with Crippen LogP contribution in [0.3, 0.4) is 0 Å². The number of fused-ring (bicyclic) bond motifs is 3. The normalized spacial score (nSPS) is 21.8. The van der Waals surface area contributed by atoms with E-state index in [1.54, 1.807) is 6.07 Å². The lowest BCUT2D eigenvalue weighted by atomic mass is 10.1. The molecule has 4 rings (SSSR count). The number of ether oxygens (including phenoxy) is 1. The van der Waals surface area contributed by atoms with Gasteiger partial charge in [-0.15, -0.1) is 0 Å². The Morgan fingerprint density at radius 1 is 1.24 bits per heavy atom. The van der Waals surface area contributed by atoms with Crippen LogP contribution in [0.15, 0.2) is 10.5 Å². The fraction of sp³-hybridized carbons (Fsp3) is 0.526. The van der Waals surface area contributed by atoms with Gasteiger partial charge >= 0.3 is 6.09 Å². The predicted octanol–water partition coefficient (Wildman–Crippen LogP) is 5.43. The minimum absolute atomic E-state index is 0.0110. The molecule has 156 valence electrons. The first-order valence-electron chi connectivity index (χ1n) is 9.32. The molecule has 10 heteroatoms. The quantitative estimate of drug-likeness (QED) is 0.382. The van der Waals surface area contributed by atoms with Gasteiger partial charge in [0.15, 0.2) is 5.82 Å². The van der Waals surface area contributed by atoms with Crippen molar-refractivity contribution in [3.05, 3.63) is 26.7 Å². The zero-order valence-corrected chi connectivity index (χ0v) is 19.3. The second-order valence-corrected chi connectivity index (χ2v) is 9.91. The average Bonchev–Trinajstić information content (AvgIpc) is 2.89. The summed E-state index contributed by atoms with van der Waals surface area (Å²) < 4.78 is 20.4. The summed E-state index contributed by atoms with van der Waals surface area (Å²) in [7, 11) is 0. The standard InChI is InChI=1S/C19H20BrCl2FN4O2/c1-19(2,3)29-18(28)27-9-4-5-10(27)8-26(7-9)16-11-6-12(21)13(20)14(23)15(11)24-17(22)25-16/h6,9-10H,4-5,7-8H2,1-3H3/t9-,10?/m0/s1. The van der Waals surface area contributed by atoms with Crippen LogP contribution in [-0.2, 0) is 4.74 Å². The first-order chi connectivity index (χ1) is 13.5. The number of carbonyl (C=O) groups excluding carboxylic acids is 1. The smallest absolute Gasteiger partial charge is 0.410 e. The molecular formula is C19H20BrCl2FN4O2. The predicted molar refractivity (Wildman–Crippen MR) is 114 cm³/mol. The molecule has 2 bridgehead atoms. The monoisotopic (exact) mass is 504 g/mol. The molecule has 1 amide bonds. The third-order valence-corrected chi connectivity index (χ3v) is 6.64. The Morgan fingerprint density at radius 3 is 2.45 bits per heavy atom. The number of hydrogen-bond acceptors (Lipinski definition) is 5. The van der Waals surface area contributed by atoms with E-state index in [9.17, 15) is 9.18 Å². The van der Waals surface area contributed by atoms with E-state index >= 15 is 0 Å². The van der Waals surface area contributed by atoms with Gasteiger partial charge in [0.05, 0.1) is 21.6 Å². The van der Waals surface area contributed by atoms with E-state index in [0.29, 0.717) is 24.3 Å². The van der Waals surface area contributed by atoms with E-state index in [4.69, 9.17) is 27.9 Å². The van der Waals surface area contributed by atoms with Gasteiger partial charge in [0.2, 0.25) is 5.28 Å². The fourth-order valence-corrected chi connectivity index (χ4v) is 4.72. The second-order valence-electron chi connectivity index (χ2n) is 8.38. The average molecular weight is 506 g/mol. The lowest BCUT2D eigenvalue weighted by Gasteiger charge is -2.42. The maximum atomic E-state index is 14.7. The van der Waals surface area contributed by atoms with E-state index in [-0.39, 0.29) is 38.5 Å². The van der Waals surface area contributed by atoms with Crippen molar-refractivity contribution in [3.8, 4) is 0 Å². The van der Waals surface area contributed by atoms with Gasteiger partial charge in [-0.05, 0) is 67.2 Å². The van der Waals surface area contributed by atoms with Gasteiger partial charge < -0.3 is 9.64 Å². The maximum absolute atomic E-state index is 14.7. The number of piperazine rings is 1. The van der Waals surface area contributed by atoms with Crippen LogP contribution in [0.1, 0.15) is 33.6 Å². The highest BCUT2D eigenvalue weighted by atomic mass is 79.9. The Morgan fingerprint density at radius 2 is 1.86 bits per heavy atom. The largest absolute Gasteiger partial charge is 0.444 e. The number of hydrogen-bond donors (Lipinski definition) is 0. The Balaban J connectivity index is 1.68. The molecule has 29 heavy (non-hydrogen) atoms.